The summed E-state index contributed by atoms with van der Waals surface area (Å²) >= 11 is 1.21. The third-order valence-electron chi connectivity index (χ3n) is 7.31. The number of morpholine rings is 1. The maximum Gasteiger partial charge on any atom is 0.235 e. The molecule has 1 aromatic carbocycles. The zero-order chi connectivity index (χ0) is 25.1. The number of anilines is 1. The van der Waals surface area contributed by atoms with Gasteiger partial charge in [-0.05, 0) is 42.7 Å². The highest BCUT2D eigenvalue weighted by Crippen LogP contribution is 2.48. The number of ether oxygens (including phenoxy) is 1. The van der Waals surface area contributed by atoms with Gasteiger partial charge >= 0.3 is 0 Å². The van der Waals surface area contributed by atoms with Gasteiger partial charge in [-0.15, -0.1) is 0 Å². The Kier molecular flexibility index (Phi) is 7.43. The van der Waals surface area contributed by atoms with Gasteiger partial charge in [0.25, 0.3) is 0 Å². The van der Waals surface area contributed by atoms with Crippen LogP contribution in [0.3, 0.4) is 0 Å². The lowest BCUT2D eigenvalue weighted by Crippen LogP contribution is -2.49. The van der Waals surface area contributed by atoms with Gasteiger partial charge in [0.05, 0.1) is 24.3 Å². The van der Waals surface area contributed by atoms with Gasteiger partial charge in [-0.1, -0.05) is 42.1 Å². The third-order valence-corrected chi connectivity index (χ3v) is 8.57. The monoisotopic (exact) mass is 502 g/mol. The van der Waals surface area contributed by atoms with Crippen LogP contribution < -0.4 is 10.6 Å². The van der Waals surface area contributed by atoms with Crippen molar-refractivity contribution in [2.75, 3.05) is 44.3 Å². The minimum atomic E-state index is -0.675. The van der Waals surface area contributed by atoms with E-state index in [0.717, 1.165) is 76.2 Å². The quantitative estimate of drug-likeness (QED) is 0.573. The second-order valence-corrected chi connectivity index (χ2v) is 10.7. The van der Waals surface area contributed by atoms with Crippen molar-refractivity contribution < 1.29 is 9.53 Å². The minimum absolute atomic E-state index is 0.185. The molecule has 1 atom stereocenters. The van der Waals surface area contributed by atoms with Crippen LogP contribution in [0.4, 0.5) is 5.82 Å². The number of hydrogen-bond donors (Lipinski definition) is 1. The largest absolute Gasteiger partial charge is 0.379 e. The number of carbonyl (C=O) groups excluding carboxylic acids is 1. The molecule has 2 aromatic rings. The smallest absolute Gasteiger partial charge is 0.235 e. The van der Waals surface area contributed by atoms with Crippen LogP contribution >= 0.6 is 11.8 Å². The number of primary amides is 1. The number of nitrogens with two attached hydrogens (primary N) is 1. The van der Waals surface area contributed by atoms with Crippen LogP contribution in [0, 0.1) is 22.7 Å². The Bertz CT molecular complexity index is 1190. The Labute approximate surface area is 216 Å². The van der Waals surface area contributed by atoms with E-state index in [2.05, 4.69) is 21.9 Å². The third kappa shape index (κ3) is 5.05. The lowest BCUT2D eigenvalue weighted by Gasteiger charge is -2.40. The zero-order valence-corrected chi connectivity index (χ0v) is 21.0. The number of hydrogen-bond acceptors (Lipinski definition) is 8. The first kappa shape index (κ1) is 24.6. The number of nitrogens with zero attached hydrogens (tertiary/aromatic N) is 5. The normalized spacial score (nSPS) is 19.9. The highest BCUT2D eigenvalue weighted by Gasteiger charge is 2.36. The first-order chi connectivity index (χ1) is 17.6. The van der Waals surface area contributed by atoms with Crippen molar-refractivity contribution in [3.8, 4) is 12.1 Å². The first-order valence-electron chi connectivity index (χ1n) is 12.6. The molecule has 3 aliphatic rings. The molecular weight excluding hydrogens is 472 g/mol. The van der Waals surface area contributed by atoms with Crippen LogP contribution in [0.5, 0.6) is 0 Å². The molecule has 36 heavy (non-hydrogen) atoms. The number of aromatic nitrogens is 1. The molecule has 0 spiro atoms. The van der Waals surface area contributed by atoms with Gasteiger partial charge in [-0.25, -0.2) is 4.98 Å². The van der Waals surface area contributed by atoms with Crippen LogP contribution in [-0.4, -0.2) is 61.2 Å². The van der Waals surface area contributed by atoms with E-state index in [9.17, 15) is 15.3 Å². The molecule has 2 aliphatic heterocycles. The molecule has 9 heteroatoms. The first-order valence-corrected chi connectivity index (χ1v) is 13.4. The predicted molar refractivity (Wildman–Crippen MR) is 138 cm³/mol. The molecule has 1 aliphatic carbocycles. The number of rotatable bonds is 7. The second kappa shape index (κ2) is 10.9. The fourth-order valence-electron chi connectivity index (χ4n) is 5.30. The number of thioether (sulfide) groups is 1. The molecule has 5 rings (SSSR count). The standard InChI is InChI=1S/C27H30N6O2S/c28-16-21-23(18-6-7-18)22(17-29)27(36-24(25(30)34)19-4-2-1-3-5-19)31-26(21)33-10-8-20(9-11-33)32-12-14-35-15-13-32/h1-5,18,20,24H,6-15H2,(H2,30,34). The topological polar surface area (TPSA) is 119 Å². The van der Waals surface area contributed by atoms with Crippen LogP contribution in [-0.2, 0) is 9.53 Å². The molecule has 1 amide bonds. The lowest BCUT2D eigenvalue weighted by molar-refractivity contribution is -0.117. The van der Waals surface area contributed by atoms with E-state index >= 15 is 0 Å². The highest BCUT2D eigenvalue weighted by molar-refractivity contribution is 8.00. The molecule has 186 valence electrons. The van der Waals surface area contributed by atoms with E-state index in [1.807, 2.05) is 30.3 Å². The summed E-state index contributed by atoms with van der Waals surface area (Å²) in [7, 11) is 0. The Hall–Kier alpha value is -3.11. The molecule has 1 unspecified atom stereocenters. The van der Waals surface area contributed by atoms with E-state index in [1.54, 1.807) is 0 Å². The molecule has 2 N–H and O–H groups in total. The van der Waals surface area contributed by atoms with Crippen LogP contribution in [0.15, 0.2) is 35.4 Å². The van der Waals surface area contributed by atoms with Crippen molar-refractivity contribution in [1.29, 1.82) is 10.5 Å². The SMILES string of the molecule is N#Cc1c(SC(C(N)=O)c2ccccc2)nc(N2CCC(N3CCOCC3)CC2)c(C#N)c1C1CC1. The van der Waals surface area contributed by atoms with Crippen molar-refractivity contribution in [3.05, 3.63) is 52.6 Å². The molecule has 3 fully saturated rings. The van der Waals surface area contributed by atoms with Crippen molar-refractivity contribution in [3.63, 3.8) is 0 Å². The van der Waals surface area contributed by atoms with Crippen molar-refractivity contribution in [1.82, 2.24) is 9.88 Å². The maximum absolute atomic E-state index is 12.4. The summed E-state index contributed by atoms with van der Waals surface area (Å²) in [6.45, 7) is 5.07. The molecule has 8 nitrogen and oxygen atoms in total. The van der Waals surface area contributed by atoms with Gasteiger partial charge < -0.3 is 15.4 Å². The Balaban J connectivity index is 1.49. The van der Waals surface area contributed by atoms with Gasteiger partial charge in [0.1, 0.15) is 28.2 Å². The molecule has 1 aromatic heterocycles. The molecular formula is C27H30N6O2S. The fourth-order valence-corrected chi connectivity index (χ4v) is 6.34. The van der Waals surface area contributed by atoms with Crippen molar-refractivity contribution >= 4 is 23.5 Å². The van der Waals surface area contributed by atoms with Crippen LogP contribution in [0.25, 0.3) is 0 Å². The molecule has 3 heterocycles. The molecule has 2 saturated heterocycles. The Morgan fingerprint density at radius 3 is 2.28 bits per heavy atom. The molecule has 0 radical (unpaired) electrons. The second-order valence-electron chi connectivity index (χ2n) is 9.58. The summed E-state index contributed by atoms with van der Waals surface area (Å²) in [4.78, 5) is 22.0. The highest BCUT2D eigenvalue weighted by atomic mass is 32.2. The molecule has 0 bridgehead atoms. The predicted octanol–water partition coefficient (Wildman–Crippen LogP) is 3.32. The number of amides is 1. The van der Waals surface area contributed by atoms with Crippen molar-refractivity contribution in [2.45, 2.75) is 47.9 Å². The van der Waals surface area contributed by atoms with E-state index in [1.165, 1.54) is 11.8 Å². The number of carbonyl (C=O) groups is 1. The van der Waals surface area contributed by atoms with Crippen molar-refractivity contribution in [2.24, 2.45) is 5.73 Å². The van der Waals surface area contributed by atoms with Gasteiger partial charge in [-0.3, -0.25) is 9.69 Å². The number of pyridine rings is 1. The molecule has 1 saturated carbocycles. The van der Waals surface area contributed by atoms with Gasteiger partial charge in [0.15, 0.2) is 0 Å². The number of nitriles is 2. The average molecular weight is 503 g/mol. The summed E-state index contributed by atoms with van der Waals surface area (Å²) in [6.07, 6.45) is 3.88. The average Bonchev–Trinajstić information content (AvgIpc) is 3.77. The van der Waals surface area contributed by atoms with E-state index in [-0.39, 0.29) is 5.92 Å². The van der Waals surface area contributed by atoms with E-state index in [0.29, 0.717) is 28.0 Å². The Morgan fingerprint density at radius 2 is 1.69 bits per heavy atom. The lowest BCUT2D eigenvalue weighted by atomic mass is 9.98. The van der Waals surface area contributed by atoms with E-state index < -0.39 is 11.2 Å². The van der Waals surface area contributed by atoms with Crippen LogP contribution in [0.1, 0.15) is 59.1 Å². The van der Waals surface area contributed by atoms with Gasteiger partial charge in [-0.2, -0.15) is 10.5 Å². The fraction of sp³-hybridized carbons (Fsp3) is 0.481. The van der Waals surface area contributed by atoms with Gasteiger partial charge in [0.2, 0.25) is 5.91 Å². The summed E-state index contributed by atoms with van der Waals surface area (Å²) in [5.41, 5.74) is 8.28. The maximum atomic E-state index is 12.4. The van der Waals surface area contributed by atoms with Crippen LogP contribution in [0.2, 0.25) is 0 Å². The zero-order valence-electron chi connectivity index (χ0n) is 20.2. The van der Waals surface area contributed by atoms with E-state index in [4.69, 9.17) is 15.5 Å². The summed E-state index contributed by atoms with van der Waals surface area (Å²) in [5.74, 6) is 0.338. The number of benzene rings is 1. The Morgan fingerprint density at radius 1 is 1.03 bits per heavy atom. The minimum Gasteiger partial charge on any atom is -0.379 e. The summed E-state index contributed by atoms with van der Waals surface area (Å²) < 4.78 is 5.51. The summed E-state index contributed by atoms with van der Waals surface area (Å²) in [6, 6.07) is 14.5. The summed E-state index contributed by atoms with van der Waals surface area (Å²) in [5, 5.41) is 20.1. The van der Waals surface area contributed by atoms with Gasteiger partial charge in [0, 0.05) is 32.2 Å². The number of piperidine rings is 1.